The van der Waals surface area contributed by atoms with Gasteiger partial charge in [0.25, 0.3) is 0 Å². The predicted molar refractivity (Wildman–Crippen MR) is 75.3 cm³/mol. The van der Waals surface area contributed by atoms with E-state index in [1.54, 1.807) is 6.07 Å². The smallest absolute Gasteiger partial charge is 0.0954 e. The van der Waals surface area contributed by atoms with E-state index in [0.29, 0.717) is 10.0 Å². The summed E-state index contributed by atoms with van der Waals surface area (Å²) in [6, 6.07) is 5.70. The summed E-state index contributed by atoms with van der Waals surface area (Å²) in [5.41, 5.74) is 2.16. The maximum absolute atomic E-state index is 6.24. The van der Waals surface area contributed by atoms with Gasteiger partial charge in [0.05, 0.1) is 18.1 Å². The highest BCUT2D eigenvalue weighted by molar-refractivity contribution is 6.35. The maximum atomic E-state index is 6.24. The first kappa shape index (κ1) is 13.4. The van der Waals surface area contributed by atoms with Crippen molar-refractivity contribution < 1.29 is 0 Å². The van der Waals surface area contributed by atoms with Gasteiger partial charge in [0.1, 0.15) is 0 Å². The average Bonchev–Trinajstić information content (AvgIpc) is 2.77. The topological polar surface area (TPSA) is 29.9 Å². The van der Waals surface area contributed by atoms with Crippen LogP contribution in [0, 0.1) is 0 Å². The molecule has 3 nitrogen and oxygen atoms in total. The highest BCUT2D eigenvalue weighted by Crippen LogP contribution is 2.29. The number of hydrogen-bond acceptors (Lipinski definition) is 2. The van der Waals surface area contributed by atoms with Crippen molar-refractivity contribution in [2.45, 2.75) is 19.5 Å². The molecule has 0 saturated carbocycles. The van der Waals surface area contributed by atoms with Crippen LogP contribution < -0.4 is 5.32 Å². The Morgan fingerprint density at radius 2 is 2.17 bits per heavy atom. The van der Waals surface area contributed by atoms with Crippen molar-refractivity contribution in [3.63, 3.8) is 0 Å². The number of benzene rings is 1. The van der Waals surface area contributed by atoms with Crippen LogP contribution in [0.2, 0.25) is 10.0 Å². The average molecular weight is 284 g/mol. The minimum absolute atomic E-state index is 0.126. The van der Waals surface area contributed by atoms with Crippen molar-refractivity contribution in [2.75, 3.05) is 7.05 Å². The molecule has 2 rings (SSSR count). The fraction of sp³-hybridized carbons (Fsp3) is 0.308. The molecule has 1 unspecified atom stereocenters. The van der Waals surface area contributed by atoms with Gasteiger partial charge in [0.15, 0.2) is 0 Å². The molecule has 0 aliphatic heterocycles. The third kappa shape index (κ3) is 2.69. The molecular weight excluding hydrogens is 269 g/mol. The number of halogens is 2. The van der Waals surface area contributed by atoms with Crippen molar-refractivity contribution >= 4 is 23.2 Å². The molecule has 1 aromatic heterocycles. The molecule has 18 heavy (non-hydrogen) atoms. The number of nitrogens with zero attached hydrogens (tertiary/aromatic N) is 2. The van der Waals surface area contributed by atoms with Crippen LogP contribution in [-0.4, -0.2) is 16.6 Å². The van der Waals surface area contributed by atoms with Gasteiger partial charge in [-0.2, -0.15) is 0 Å². The molecule has 2 aromatic rings. The first-order valence-electron chi connectivity index (χ1n) is 5.73. The van der Waals surface area contributed by atoms with Gasteiger partial charge in [-0.25, -0.2) is 4.98 Å². The van der Waals surface area contributed by atoms with Crippen LogP contribution in [-0.2, 0) is 6.54 Å². The molecule has 0 spiro atoms. The summed E-state index contributed by atoms with van der Waals surface area (Å²) in [5, 5.41) is 4.46. The van der Waals surface area contributed by atoms with Crippen LogP contribution >= 0.6 is 23.2 Å². The summed E-state index contributed by atoms with van der Waals surface area (Å²) in [5.74, 6) is 0. The fourth-order valence-electron chi connectivity index (χ4n) is 1.99. The molecule has 0 saturated heterocycles. The Hall–Kier alpha value is -1.03. The molecule has 96 valence electrons. The van der Waals surface area contributed by atoms with Crippen molar-refractivity contribution in [3.8, 4) is 0 Å². The Balaban J connectivity index is 2.35. The number of rotatable bonds is 4. The van der Waals surface area contributed by atoms with Crippen LogP contribution in [0.15, 0.2) is 30.7 Å². The third-order valence-corrected chi connectivity index (χ3v) is 3.50. The third-order valence-electron chi connectivity index (χ3n) is 2.93. The highest BCUT2D eigenvalue weighted by atomic mass is 35.5. The predicted octanol–water partition coefficient (Wildman–Crippen LogP) is 3.52. The molecule has 0 radical (unpaired) electrons. The van der Waals surface area contributed by atoms with E-state index in [9.17, 15) is 0 Å². The minimum atomic E-state index is 0.126. The van der Waals surface area contributed by atoms with Crippen LogP contribution in [0.3, 0.4) is 0 Å². The van der Waals surface area contributed by atoms with Gasteiger partial charge in [-0.1, -0.05) is 29.3 Å². The van der Waals surface area contributed by atoms with Crippen molar-refractivity contribution in [3.05, 3.63) is 52.0 Å². The first-order valence-corrected chi connectivity index (χ1v) is 6.49. The zero-order valence-electron chi connectivity index (χ0n) is 10.3. The summed E-state index contributed by atoms with van der Waals surface area (Å²) in [4.78, 5) is 4.19. The van der Waals surface area contributed by atoms with Crippen molar-refractivity contribution in [2.24, 2.45) is 0 Å². The number of hydrogen-bond donors (Lipinski definition) is 1. The van der Waals surface area contributed by atoms with Crippen molar-refractivity contribution in [1.29, 1.82) is 0 Å². The van der Waals surface area contributed by atoms with Crippen LogP contribution in [0.4, 0.5) is 0 Å². The van der Waals surface area contributed by atoms with E-state index in [1.807, 2.05) is 31.7 Å². The van der Waals surface area contributed by atoms with Gasteiger partial charge < -0.3 is 9.88 Å². The fourth-order valence-corrected chi connectivity index (χ4v) is 2.56. The summed E-state index contributed by atoms with van der Waals surface area (Å²) in [7, 11) is 1.91. The van der Waals surface area contributed by atoms with E-state index in [0.717, 1.165) is 17.8 Å². The monoisotopic (exact) mass is 283 g/mol. The van der Waals surface area contributed by atoms with Gasteiger partial charge in [0, 0.05) is 22.8 Å². The van der Waals surface area contributed by atoms with Crippen molar-refractivity contribution in [1.82, 2.24) is 14.9 Å². The molecule has 0 aliphatic carbocycles. The Morgan fingerprint density at radius 1 is 1.39 bits per heavy atom. The number of aromatic nitrogens is 2. The zero-order valence-corrected chi connectivity index (χ0v) is 11.8. The molecule has 0 fully saturated rings. The van der Waals surface area contributed by atoms with E-state index in [-0.39, 0.29) is 6.04 Å². The lowest BCUT2D eigenvalue weighted by Crippen LogP contribution is -2.14. The van der Waals surface area contributed by atoms with E-state index in [1.165, 1.54) is 0 Å². The lowest BCUT2D eigenvalue weighted by Gasteiger charge is -2.18. The summed E-state index contributed by atoms with van der Waals surface area (Å²) in [6.45, 7) is 2.87. The maximum Gasteiger partial charge on any atom is 0.0954 e. The van der Waals surface area contributed by atoms with Gasteiger partial charge in [-0.05, 0) is 31.7 Å². The molecule has 1 aromatic carbocycles. The molecule has 5 heteroatoms. The normalized spacial score (nSPS) is 12.7. The van der Waals surface area contributed by atoms with Gasteiger partial charge in [0.2, 0.25) is 0 Å². The first-order chi connectivity index (χ1) is 8.63. The Morgan fingerprint density at radius 3 is 2.83 bits per heavy atom. The van der Waals surface area contributed by atoms with Crippen LogP contribution in [0.1, 0.15) is 24.2 Å². The van der Waals surface area contributed by atoms with E-state index < -0.39 is 0 Å². The van der Waals surface area contributed by atoms with Gasteiger partial charge in [-0.15, -0.1) is 0 Å². The lowest BCUT2D eigenvalue weighted by atomic mass is 10.1. The Labute approximate surface area is 117 Å². The molecule has 1 heterocycles. The standard InChI is InChI=1S/C13H15Cl2N3/c1-9(12-4-3-10(14)5-13(12)15)18-8-17-7-11(18)6-16-2/h3-5,7-9,16H,6H2,1-2H3. The molecular formula is C13H15Cl2N3. The van der Waals surface area contributed by atoms with Crippen LogP contribution in [0.25, 0.3) is 0 Å². The minimum Gasteiger partial charge on any atom is -0.326 e. The largest absolute Gasteiger partial charge is 0.326 e. The Kier molecular flexibility index (Phi) is 4.27. The molecule has 0 bridgehead atoms. The number of imidazole rings is 1. The van der Waals surface area contributed by atoms with E-state index >= 15 is 0 Å². The quantitative estimate of drug-likeness (QED) is 0.931. The SMILES string of the molecule is CNCc1cncn1C(C)c1ccc(Cl)cc1Cl. The molecule has 0 amide bonds. The zero-order chi connectivity index (χ0) is 13.1. The van der Waals surface area contributed by atoms with Gasteiger partial charge in [-0.3, -0.25) is 0 Å². The summed E-state index contributed by atoms with van der Waals surface area (Å²) in [6.07, 6.45) is 3.68. The van der Waals surface area contributed by atoms with E-state index in [4.69, 9.17) is 23.2 Å². The second-order valence-corrected chi connectivity index (χ2v) is 5.01. The summed E-state index contributed by atoms with van der Waals surface area (Å²) < 4.78 is 2.10. The van der Waals surface area contributed by atoms with E-state index in [2.05, 4.69) is 21.8 Å². The number of nitrogens with one attached hydrogen (secondary N) is 1. The molecule has 1 atom stereocenters. The lowest BCUT2D eigenvalue weighted by molar-refractivity contribution is 0.593. The second kappa shape index (κ2) is 5.74. The summed E-state index contributed by atoms with van der Waals surface area (Å²) >= 11 is 12.2. The Bertz CT molecular complexity index is 537. The second-order valence-electron chi connectivity index (χ2n) is 4.16. The molecule has 0 aliphatic rings. The molecule has 1 N–H and O–H groups in total. The highest BCUT2D eigenvalue weighted by Gasteiger charge is 2.14. The van der Waals surface area contributed by atoms with Gasteiger partial charge >= 0.3 is 0 Å². The van der Waals surface area contributed by atoms with Crippen LogP contribution in [0.5, 0.6) is 0 Å².